The Bertz CT molecular complexity index is 1000. The van der Waals surface area contributed by atoms with Gasteiger partial charge in [-0.3, -0.25) is 0 Å². The lowest BCUT2D eigenvalue weighted by Crippen LogP contribution is -2.45. The van der Waals surface area contributed by atoms with Crippen LogP contribution in [0.1, 0.15) is 52.4 Å². The van der Waals surface area contributed by atoms with Crippen molar-refractivity contribution in [2.75, 3.05) is 0 Å². The zero-order valence-electron chi connectivity index (χ0n) is 16.0. The maximum Gasteiger partial charge on any atom is 0.335 e. The van der Waals surface area contributed by atoms with Gasteiger partial charge in [0, 0.05) is 28.5 Å². The molecule has 0 saturated heterocycles. The molecule has 0 spiro atoms. The van der Waals surface area contributed by atoms with Gasteiger partial charge in [0.15, 0.2) is 0 Å². The van der Waals surface area contributed by atoms with Gasteiger partial charge >= 0.3 is 5.97 Å². The predicted molar refractivity (Wildman–Crippen MR) is 108 cm³/mol. The van der Waals surface area contributed by atoms with Crippen LogP contribution >= 0.6 is 23.2 Å². The molecule has 2 aromatic rings. The highest BCUT2D eigenvalue weighted by molar-refractivity contribution is 6.36. The van der Waals surface area contributed by atoms with Gasteiger partial charge in [0.1, 0.15) is 0 Å². The molecule has 1 unspecified atom stereocenters. The van der Waals surface area contributed by atoms with E-state index in [1.807, 2.05) is 0 Å². The van der Waals surface area contributed by atoms with Crippen molar-refractivity contribution in [1.82, 2.24) is 0 Å². The second-order valence-electron chi connectivity index (χ2n) is 7.09. The highest BCUT2D eigenvalue weighted by Gasteiger charge is 2.60. The highest BCUT2D eigenvalue weighted by atomic mass is 35.5. The van der Waals surface area contributed by atoms with Crippen LogP contribution in [-0.2, 0) is 10.4 Å². The molecule has 29 heavy (non-hydrogen) atoms. The average Bonchev–Trinajstić information content (AvgIpc) is 3.12. The van der Waals surface area contributed by atoms with Crippen LogP contribution in [0.2, 0.25) is 10.0 Å². The molecule has 1 aliphatic heterocycles. The molecule has 0 bridgehead atoms. The summed E-state index contributed by atoms with van der Waals surface area (Å²) in [6, 6.07) is 7.43. The quantitative estimate of drug-likeness (QED) is 0.585. The number of halogens is 4. The summed E-state index contributed by atoms with van der Waals surface area (Å²) < 4.78 is 30.3. The van der Waals surface area contributed by atoms with Gasteiger partial charge in [-0.25, -0.2) is 13.6 Å². The zero-order chi connectivity index (χ0) is 21.6. The first-order valence-electron chi connectivity index (χ1n) is 8.95. The monoisotopic (exact) mass is 441 g/mol. The van der Waals surface area contributed by atoms with Gasteiger partial charge in [-0.05, 0) is 54.8 Å². The number of aryl methyl sites for hydroxylation is 1. The van der Waals surface area contributed by atoms with Crippen LogP contribution in [0.25, 0.3) is 0 Å². The number of aromatic carboxylic acids is 1. The summed E-state index contributed by atoms with van der Waals surface area (Å²) in [7, 11) is 0. The molecule has 1 aliphatic rings. The molecule has 0 fully saturated rings. The molecule has 1 heterocycles. The first-order valence-corrected chi connectivity index (χ1v) is 9.71. The lowest BCUT2D eigenvalue weighted by molar-refractivity contribution is -0.205. The normalized spacial score (nSPS) is 19.1. The molecular formula is C21H19Cl2F2NO3. The van der Waals surface area contributed by atoms with Crippen molar-refractivity contribution < 1.29 is 23.5 Å². The second kappa shape index (κ2) is 7.58. The predicted octanol–water partition coefficient (Wildman–Crippen LogP) is 6.37. The van der Waals surface area contributed by atoms with Gasteiger partial charge in [-0.15, -0.1) is 0 Å². The number of benzene rings is 2. The van der Waals surface area contributed by atoms with Gasteiger partial charge in [0.05, 0.1) is 11.3 Å². The minimum atomic E-state index is -3.25. The molecule has 1 atom stereocenters. The number of rotatable bonds is 5. The van der Waals surface area contributed by atoms with E-state index in [0.717, 1.165) is 0 Å². The molecule has 0 aliphatic carbocycles. The zero-order valence-corrected chi connectivity index (χ0v) is 17.5. The molecular weight excluding hydrogens is 423 g/mol. The fourth-order valence-electron chi connectivity index (χ4n) is 3.40. The number of hydrogen-bond donors (Lipinski definition) is 1. The third kappa shape index (κ3) is 3.60. The lowest BCUT2D eigenvalue weighted by Gasteiger charge is -2.35. The molecule has 0 amide bonds. The van der Waals surface area contributed by atoms with Crippen LogP contribution < -0.4 is 0 Å². The van der Waals surface area contributed by atoms with E-state index < -0.39 is 23.9 Å². The van der Waals surface area contributed by atoms with Gasteiger partial charge in [-0.2, -0.15) is 0 Å². The Morgan fingerprint density at radius 3 is 2.38 bits per heavy atom. The first kappa shape index (κ1) is 21.5. The van der Waals surface area contributed by atoms with Crippen molar-refractivity contribution in [1.29, 1.82) is 0 Å². The lowest BCUT2D eigenvalue weighted by atomic mass is 9.80. The van der Waals surface area contributed by atoms with Crippen molar-refractivity contribution in [2.24, 2.45) is 5.16 Å². The molecule has 0 saturated carbocycles. The summed E-state index contributed by atoms with van der Waals surface area (Å²) in [5.74, 6) is -4.31. The van der Waals surface area contributed by atoms with E-state index in [-0.39, 0.29) is 27.6 Å². The van der Waals surface area contributed by atoms with Crippen molar-refractivity contribution in [2.45, 2.75) is 45.1 Å². The SMILES string of the molecule is CCC(F)(F)C1(c2cc(Cl)c(C)c(Cl)c2)CC(c2ccc(C(=O)O)c(C)c2)=NO1. The third-order valence-electron chi connectivity index (χ3n) is 5.30. The maximum absolute atomic E-state index is 15.1. The number of oxime groups is 1. The van der Waals surface area contributed by atoms with E-state index in [1.54, 1.807) is 19.9 Å². The van der Waals surface area contributed by atoms with E-state index in [2.05, 4.69) is 5.16 Å². The summed E-state index contributed by atoms with van der Waals surface area (Å²) in [5, 5.41) is 13.7. The Morgan fingerprint density at radius 2 is 1.86 bits per heavy atom. The first-order chi connectivity index (χ1) is 13.5. The average molecular weight is 442 g/mol. The summed E-state index contributed by atoms with van der Waals surface area (Å²) in [6.45, 7) is 4.70. The Balaban J connectivity index is 2.07. The second-order valence-corrected chi connectivity index (χ2v) is 7.91. The Morgan fingerprint density at radius 1 is 1.24 bits per heavy atom. The van der Waals surface area contributed by atoms with Crippen molar-refractivity contribution >= 4 is 34.9 Å². The van der Waals surface area contributed by atoms with E-state index in [0.29, 0.717) is 22.4 Å². The molecule has 1 N–H and O–H groups in total. The van der Waals surface area contributed by atoms with Gasteiger partial charge in [0.2, 0.25) is 5.60 Å². The fraction of sp³-hybridized carbons (Fsp3) is 0.333. The fourth-order valence-corrected chi connectivity index (χ4v) is 3.88. The van der Waals surface area contributed by atoms with E-state index in [1.165, 1.54) is 31.2 Å². The van der Waals surface area contributed by atoms with Crippen LogP contribution in [0, 0.1) is 13.8 Å². The molecule has 3 rings (SSSR count). The Hall–Kier alpha value is -2.18. The van der Waals surface area contributed by atoms with Crippen molar-refractivity contribution in [3.8, 4) is 0 Å². The van der Waals surface area contributed by atoms with E-state index in [4.69, 9.17) is 28.0 Å². The van der Waals surface area contributed by atoms with Crippen LogP contribution in [-0.4, -0.2) is 22.7 Å². The number of alkyl halides is 2. The van der Waals surface area contributed by atoms with Crippen molar-refractivity contribution in [3.05, 3.63) is 68.2 Å². The minimum Gasteiger partial charge on any atom is -0.478 e. The largest absolute Gasteiger partial charge is 0.478 e. The summed E-state index contributed by atoms with van der Waals surface area (Å²) in [5.41, 5.74) is 0.122. The third-order valence-corrected chi connectivity index (χ3v) is 6.09. The molecule has 0 aromatic heterocycles. The number of hydrogen-bond acceptors (Lipinski definition) is 3. The standard InChI is InChI=1S/C21H19Cl2F2NO3/c1-4-21(24,25)20(14-8-16(22)12(3)17(23)9-14)10-18(26-29-20)13-5-6-15(19(27)28)11(2)7-13/h5-9H,4,10H2,1-3H3,(H,27,28). The maximum atomic E-state index is 15.1. The van der Waals surface area contributed by atoms with Crippen LogP contribution in [0.5, 0.6) is 0 Å². The van der Waals surface area contributed by atoms with Crippen LogP contribution in [0.4, 0.5) is 8.78 Å². The summed E-state index contributed by atoms with van der Waals surface area (Å²) >= 11 is 12.4. The molecule has 2 aromatic carbocycles. The summed E-state index contributed by atoms with van der Waals surface area (Å²) in [4.78, 5) is 16.6. The topological polar surface area (TPSA) is 58.9 Å². The minimum absolute atomic E-state index is 0.135. The number of carbonyl (C=O) groups is 1. The van der Waals surface area contributed by atoms with Crippen LogP contribution in [0.15, 0.2) is 35.5 Å². The molecule has 4 nitrogen and oxygen atoms in total. The molecule has 154 valence electrons. The van der Waals surface area contributed by atoms with Gasteiger partial charge in [-0.1, -0.05) is 41.3 Å². The van der Waals surface area contributed by atoms with Gasteiger partial charge in [0.25, 0.3) is 5.92 Å². The molecule has 8 heteroatoms. The summed E-state index contributed by atoms with van der Waals surface area (Å²) in [6.07, 6.45) is -0.689. The Labute approximate surface area is 177 Å². The Kier molecular flexibility index (Phi) is 5.62. The molecule has 0 radical (unpaired) electrons. The number of carboxylic acid groups (broad SMARTS) is 1. The van der Waals surface area contributed by atoms with E-state index in [9.17, 15) is 9.90 Å². The number of carboxylic acids is 1. The number of nitrogens with zero attached hydrogens (tertiary/aromatic N) is 1. The van der Waals surface area contributed by atoms with Crippen LogP contribution in [0.3, 0.4) is 0 Å². The van der Waals surface area contributed by atoms with Gasteiger partial charge < -0.3 is 9.94 Å². The van der Waals surface area contributed by atoms with Crippen molar-refractivity contribution in [3.63, 3.8) is 0 Å². The smallest absolute Gasteiger partial charge is 0.335 e. The van der Waals surface area contributed by atoms with E-state index >= 15 is 8.78 Å². The highest BCUT2D eigenvalue weighted by Crippen LogP contribution is 2.50.